The van der Waals surface area contributed by atoms with Crippen molar-refractivity contribution in [3.05, 3.63) is 34.9 Å². The molecule has 1 unspecified atom stereocenters. The molecule has 4 nitrogen and oxygen atoms in total. The molecule has 0 aliphatic heterocycles. The van der Waals surface area contributed by atoms with Gasteiger partial charge in [-0.2, -0.15) is 5.26 Å². The van der Waals surface area contributed by atoms with Crippen molar-refractivity contribution in [3.8, 4) is 6.07 Å². The zero-order chi connectivity index (χ0) is 15.0. The highest BCUT2D eigenvalue weighted by Gasteiger charge is 2.14. The van der Waals surface area contributed by atoms with E-state index in [1.54, 1.807) is 0 Å². The van der Waals surface area contributed by atoms with Crippen LogP contribution >= 0.6 is 11.6 Å². The minimum absolute atomic E-state index is 0.216. The SMILES string of the molecule is CC(C)N(CC#N)CC(O)COCc1ccccc1Cl. The van der Waals surface area contributed by atoms with Crippen LogP contribution in [-0.2, 0) is 11.3 Å². The molecule has 0 saturated carbocycles. The van der Waals surface area contributed by atoms with Crippen molar-refractivity contribution < 1.29 is 9.84 Å². The van der Waals surface area contributed by atoms with E-state index in [9.17, 15) is 5.11 Å². The Kier molecular flexibility index (Phi) is 7.56. The van der Waals surface area contributed by atoms with E-state index >= 15 is 0 Å². The van der Waals surface area contributed by atoms with Gasteiger partial charge in [-0.05, 0) is 25.5 Å². The Bertz CT molecular complexity index is 446. The molecule has 0 saturated heterocycles. The predicted molar refractivity (Wildman–Crippen MR) is 79.4 cm³/mol. The van der Waals surface area contributed by atoms with Crippen molar-refractivity contribution in [3.63, 3.8) is 0 Å². The summed E-state index contributed by atoms with van der Waals surface area (Å²) >= 11 is 6.02. The number of hydrogen-bond acceptors (Lipinski definition) is 4. The van der Waals surface area contributed by atoms with Gasteiger partial charge in [0.05, 0.1) is 31.9 Å². The second kappa shape index (κ2) is 8.93. The monoisotopic (exact) mass is 296 g/mol. The lowest BCUT2D eigenvalue weighted by Crippen LogP contribution is -2.39. The van der Waals surface area contributed by atoms with E-state index in [4.69, 9.17) is 21.6 Å². The minimum atomic E-state index is -0.617. The molecule has 1 aromatic rings. The first-order chi connectivity index (χ1) is 9.54. The smallest absolute Gasteiger partial charge is 0.0900 e. The molecule has 0 aromatic heterocycles. The van der Waals surface area contributed by atoms with E-state index in [0.29, 0.717) is 24.7 Å². The van der Waals surface area contributed by atoms with E-state index in [2.05, 4.69) is 6.07 Å². The lowest BCUT2D eigenvalue weighted by atomic mass is 10.2. The second-order valence-corrected chi connectivity index (χ2v) is 5.35. The molecule has 5 heteroatoms. The van der Waals surface area contributed by atoms with Crippen LogP contribution in [0.2, 0.25) is 5.02 Å². The summed E-state index contributed by atoms with van der Waals surface area (Å²) in [6.45, 7) is 5.31. The Morgan fingerprint density at radius 3 is 2.70 bits per heavy atom. The third-order valence-corrected chi connectivity index (χ3v) is 3.34. The fraction of sp³-hybridized carbons (Fsp3) is 0.533. The first-order valence-electron chi connectivity index (χ1n) is 6.64. The van der Waals surface area contributed by atoms with Crippen molar-refractivity contribution in [1.82, 2.24) is 4.90 Å². The van der Waals surface area contributed by atoms with Gasteiger partial charge in [0.1, 0.15) is 0 Å². The van der Waals surface area contributed by atoms with Gasteiger partial charge >= 0.3 is 0 Å². The first-order valence-corrected chi connectivity index (χ1v) is 7.02. The molecule has 0 aliphatic rings. The van der Waals surface area contributed by atoms with Gasteiger partial charge in [-0.3, -0.25) is 4.90 Å². The number of aliphatic hydroxyl groups is 1. The summed E-state index contributed by atoms with van der Waals surface area (Å²) in [5.41, 5.74) is 0.902. The number of ether oxygens (including phenoxy) is 1. The van der Waals surface area contributed by atoms with Crippen molar-refractivity contribution in [2.45, 2.75) is 32.6 Å². The highest BCUT2D eigenvalue weighted by atomic mass is 35.5. The molecule has 0 spiro atoms. The van der Waals surface area contributed by atoms with Crippen molar-refractivity contribution in [1.29, 1.82) is 5.26 Å². The van der Waals surface area contributed by atoms with Crippen LogP contribution in [0.15, 0.2) is 24.3 Å². The molecule has 0 aliphatic carbocycles. The fourth-order valence-corrected chi connectivity index (χ4v) is 1.98. The topological polar surface area (TPSA) is 56.5 Å². The lowest BCUT2D eigenvalue weighted by molar-refractivity contribution is 0.00735. The fourth-order valence-electron chi connectivity index (χ4n) is 1.79. The molecule has 1 rings (SSSR count). The average Bonchev–Trinajstić information content (AvgIpc) is 2.40. The largest absolute Gasteiger partial charge is 0.389 e. The van der Waals surface area contributed by atoms with Crippen LogP contribution in [0.3, 0.4) is 0 Å². The predicted octanol–water partition coefficient (Wildman–Crippen LogP) is 2.45. The molecule has 0 radical (unpaired) electrons. The molecule has 0 heterocycles. The van der Waals surface area contributed by atoms with Gasteiger partial charge in [-0.25, -0.2) is 0 Å². The molecule has 1 N–H and O–H groups in total. The summed E-state index contributed by atoms with van der Waals surface area (Å²) in [5.74, 6) is 0. The van der Waals surface area contributed by atoms with E-state index in [1.807, 2.05) is 43.0 Å². The molecule has 1 atom stereocenters. The van der Waals surface area contributed by atoms with Crippen LogP contribution in [0.4, 0.5) is 0 Å². The summed E-state index contributed by atoms with van der Waals surface area (Å²) in [6, 6.07) is 9.78. The number of nitriles is 1. The highest BCUT2D eigenvalue weighted by Crippen LogP contribution is 2.15. The zero-order valence-corrected chi connectivity index (χ0v) is 12.7. The second-order valence-electron chi connectivity index (χ2n) is 4.94. The van der Waals surface area contributed by atoms with Crippen LogP contribution in [0.5, 0.6) is 0 Å². The van der Waals surface area contributed by atoms with Gasteiger partial charge in [0.2, 0.25) is 0 Å². The highest BCUT2D eigenvalue weighted by molar-refractivity contribution is 6.31. The molecule has 20 heavy (non-hydrogen) atoms. The Balaban J connectivity index is 2.34. The Labute approximate surface area is 125 Å². The zero-order valence-electron chi connectivity index (χ0n) is 11.9. The number of aliphatic hydroxyl groups excluding tert-OH is 1. The molecule has 0 amide bonds. The molecular formula is C15H21ClN2O2. The summed E-state index contributed by atoms with van der Waals surface area (Å²) < 4.78 is 5.48. The molecular weight excluding hydrogens is 276 g/mol. The minimum Gasteiger partial charge on any atom is -0.389 e. The average molecular weight is 297 g/mol. The molecule has 1 aromatic carbocycles. The summed E-state index contributed by atoms with van der Waals surface area (Å²) in [6.07, 6.45) is -0.617. The van der Waals surface area contributed by atoms with Crippen LogP contribution in [0.1, 0.15) is 19.4 Å². The maximum Gasteiger partial charge on any atom is 0.0900 e. The third kappa shape index (κ3) is 5.89. The normalized spacial score (nSPS) is 12.7. The van der Waals surface area contributed by atoms with Gasteiger partial charge in [-0.1, -0.05) is 29.8 Å². The third-order valence-electron chi connectivity index (χ3n) is 2.97. The number of benzene rings is 1. The van der Waals surface area contributed by atoms with Crippen LogP contribution < -0.4 is 0 Å². The Hall–Kier alpha value is -1.12. The molecule has 0 fully saturated rings. The van der Waals surface area contributed by atoms with Crippen LogP contribution in [-0.4, -0.2) is 41.8 Å². The number of hydrogen-bond donors (Lipinski definition) is 1. The van der Waals surface area contributed by atoms with Crippen molar-refractivity contribution >= 4 is 11.6 Å². The lowest BCUT2D eigenvalue weighted by Gasteiger charge is -2.26. The van der Waals surface area contributed by atoms with Crippen LogP contribution in [0.25, 0.3) is 0 Å². The van der Waals surface area contributed by atoms with Gasteiger partial charge in [0.15, 0.2) is 0 Å². The summed E-state index contributed by atoms with van der Waals surface area (Å²) in [7, 11) is 0. The van der Waals surface area contributed by atoms with Crippen molar-refractivity contribution in [2.75, 3.05) is 19.7 Å². The molecule has 0 bridgehead atoms. The van der Waals surface area contributed by atoms with Gasteiger partial charge < -0.3 is 9.84 Å². The Morgan fingerprint density at radius 1 is 1.40 bits per heavy atom. The van der Waals surface area contributed by atoms with E-state index in [1.165, 1.54) is 0 Å². The number of rotatable bonds is 8. The van der Waals surface area contributed by atoms with Gasteiger partial charge in [-0.15, -0.1) is 0 Å². The van der Waals surface area contributed by atoms with E-state index < -0.39 is 6.10 Å². The van der Waals surface area contributed by atoms with Gasteiger partial charge in [0, 0.05) is 17.6 Å². The maximum absolute atomic E-state index is 9.93. The molecule has 110 valence electrons. The van der Waals surface area contributed by atoms with Crippen molar-refractivity contribution in [2.24, 2.45) is 0 Å². The van der Waals surface area contributed by atoms with E-state index in [-0.39, 0.29) is 12.6 Å². The standard InChI is InChI=1S/C15H21ClN2O2/c1-12(2)18(8-7-17)9-14(19)11-20-10-13-5-3-4-6-15(13)16/h3-6,12,14,19H,8-11H2,1-2H3. The number of nitrogens with zero attached hydrogens (tertiary/aromatic N) is 2. The quantitative estimate of drug-likeness (QED) is 0.749. The first kappa shape index (κ1) is 16.9. The van der Waals surface area contributed by atoms with Crippen LogP contribution in [0, 0.1) is 11.3 Å². The Morgan fingerprint density at radius 2 is 2.10 bits per heavy atom. The summed E-state index contributed by atoms with van der Waals surface area (Å²) in [5, 5.41) is 19.3. The maximum atomic E-state index is 9.93. The van der Waals surface area contributed by atoms with E-state index in [0.717, 1.165) is 5.56 Å². The number of halogens is 1. The van der Waals surface area contributed by atoms with Gasteiger partial charge in [0.25, 0.3) is 0 Å². The summed E-state index contributed by atoms with van der Waals surface area (Å²) in [4.78, 5) is 1.91.